The molecule has 1 saturated carbocycles. The number of pyridine rings is 1. The third-order valence-electron chi connectivity index (χ3n) is 4.51. The first-order valence-corrected chi connectivity index (χ1v) is 9.55. The minimum Gasteiger partial charge on any atom is -0.361 e. The van der Waals surface area contributed by atoms with Crippen LogP contribution in [0.15, 0.2) is 28.9 Å². The van der Waals surface area contributed by atoms with Gasteiger partial charge in [-0.05, 0) is 38.8 Å². The Morgan fingerprint density at radius 1 is 1.33 bits per heavy atom. The summed E-state index contributed by atoms with van der Waals surface area (Å²) in [5.41, 5.74) is 2.00. The topological polar surface area (TPSA) is 59.2 Å². The van der Waals surface area contributed by atoms with Crippen LogP contribution >= 0.6 is 11.8 Å². The zero-order valence-corrected chi connectivity index (χ0v) is 15.0. The molecule has 3 rings (SSSR count). The highest BCUT2D eigenvalue weighted by atomic mass is 32.2. The number of carbonyl (C=O) groups is 1. The summed E-state index contributed by atoms with van der Waals surface area (Å²) in [6.45, 7) is 3.85. The number of hydrogen-bond donors (Lipinski definition) is 0. The van der Waals surface area contributed by atoms with Gasteiger partial charge in [0.15, 0.2) is 0 Å². The lowest BCUT2D eigenvalue weighted by molar-refractivity contribution is -0.116. The Labute approximate surface area is 146 Å². The van der Waals surface area contributed by atoms with E-state index < -0.39 is 0 Å². The maximum absolute atomic E-state index is 12.9. The van der Waals surface area contributed by atoms with Gasteiger partial charge in [-0.15, -0.1) is 11.8 Å². The van der Waals surface area contributed by atoms with Gasteiger partial charge in [0.1, 0.15) is 11.6 Å². The minimum absolute atomic E-state index is 0.136. The van der Waals surface area contributed by atoms with Crippen molar-refractivity contribution in [2.75, 3.05) is 10.7 Å². The molecule has 1 aliphatic rings. The Hall–Kier alpha value is -1.82. The van der Waals surface area contributed by atoms with Crippen LogP contribution in [0.1, 0.15) is 42.7 Å². The molecule has 0 aliphatic heterocycles. The average Bonchev–Trinajstić information content (AvgIpc) is 3.21. The lowest BCUT2D eigenvalue weighted by Crippen LogP contribution is -2.40. The van der Waals surface area contributed by atoms with Gasteiger partial charge in [0.05, 0.1) is 11.4 Å². The van der Waals surface area contributed by atoms with E-state index in [-0.39, 0.29) is 11.9 Å². The van der Waals surface area contributed by atoms with Crippen molar-refractivity contribution in [2.45, 2.75) is 51.3 Å². The second-order valence-electron chi connectivity index (χ2n) is 6.19. The largest absolute Gasteiger partial charge is 0.361 e. The maximum atomic E-state index is 12.9. The molecule has 0 radical (unpaired) electrons. The first kappa shape index (κ1) is 17.0. The van der Waals surface area contributed by atoms with E-state index in [0.717, 1.165) is 41.4 Å². The third kappa shape index (κ3) is 3.80. The fourth-order valence-corrected chi connectivity index (χ4v) is 4.23. The molecule has 0 N–H and O–H groups in total. The molecule has 0 bridgehead atoms. The standard InChI is InChI=1S/C18H23N3O2S/c1-13-16(14(2)23-20-13)11-24-12-18(22)21(15-7-3-4-8-15)17-9-5-6-10-19-17/h5-6,9-10,15H,3-4,7-8,11-12H2,1-2H3. The molecule has 0 atom stereocenters. The van der Waals surface area contributed by atoms with E-state index in [1.54, 1.807) is 18.0 Å². The van der Waals surface area contributed by atoms with Gasteiger partial charge in [-0.1, -0.05) is 24.1 Å². The molecule has 0 spiro atoms. The van der Waals surface area contributed by atoms with Crippen LogP contribution in [0.25, 0.3) is 0 Å². The molecular formula is C18H23N3O2S. The SMILES string of the molecule is Cc1noc(C)c1CSCC(=O)N(c1ccccn1)C1CCCC1. The lowest BCUT2D eigenvalue weighted by Gasteiger charge is -2.28. The minimum atomic E-state index is 0.136. The molecule has 5 nitrogen and oxygen atoms in total. The monoisotopic (exact) mass is 345 g/mol. The molecule has 1 aliphatic carbocycles. The summed E-state index contributed by atoms with van der Waals surface area (Å²) in [7, 11) is 0. The summed E-state index contributed by atoms with van der Waals surface area (Å²) in [5, 5.41) is 3.97. The summed E-state index contributed by atoms with van der Waals surface area (Å²) in [6.07, 6.45) is 6.26. The van der Waals surface area contributed by atoms with Crippen LogP contribution in [-0.2, 0) is 10.5 Å². The Morgan fingerprint density at radius 2 is 2.12 bits per heavy atom. The van der Waals surface area contributed by atoms with Crippen LogP contribution in [-0.4, -0.2) is 27.8 Å². The van der Waals surface area contributed by atoms with E-state index in [9.17, 15) is 4.79 Å². The van der Waals surface area contributed by atoms with E-state index >= 15 is 0 Å². The molecule has 2 heterocycles. The van der Waals surface area contributed by atoms with E-state index in [4.69, 9.17) is 4.52 Å². The highest BCUT2D eigenvalue weighted by molar-refractivity contribution is 7.99. The van der Waals surface area contributed by atoms with Gasteiger partial charge in [-0.3, -0.25) is 9.69 Å². The summed E-state index contributed by atoms with van der Waals surface area (Å²) >= 11 is 1.61. The molecule has 2 aromatic heterocycles. The summed E-state index contributed by atoms with van der Waals surface area (Å²) in [5.74, 6) is 2.93. The van der Waals surface area contributed by atoms with Crippen molar-refractivity contribution in [2.24, 2.45) is 0 Å². The number of aryl methyl sites for hydroxylation is 2. The molecule has 0 saturated heterocycles. The second-order valence-corrected chi connectivity index (χ2v) is 7.17. The van der Waals surface area contributed by atoms with Gasteiger partial charge >= 0.3 is 0 Å². The molecule has 0 unspecified atom stereocenters. The molecule has 1 fully saturated rings. The van der Waals surface area contributed by atoms with E-state index in [0.29, 0.717) is 5.75 Å². The predicted octanol–water partition coefficient (Wildman–Crippen LogP) is 3.90. The number of aromatic nitrogens is 2. The third-order valence-corrected chi connectivity index (χ3v) is 5.45. The van der Waals surface area contributed by atoms with Crippen molar-refractivity contribution in [1.82, 2.24) is 10.1 Å². The van der Waals surface area contributed by atoms with Crippen molar-refractivity contribution in [1.29, 1.82) is 0 Å². The van der Waals surface area contributed by atoms with Crippen molar-refractivity contribution in [3.05, 3.63) is 41.4 Å². The fraction of sp³-hybridized carbons (Fsp3) is 0.500. The lowest BCUT2D eigenvalue weighted by atomic mass is 10.2. The second kappa shape index (κ2) is 7.83. The highest BCUT2D eigenvalue weighted by Gasteiger charge is 2.28. The normalized spacial score (nSPS) is 14.9. The van der Waals surface area contributed by atoms with Crippen LogP contribution in [0.2, 0.25) is 0 Å². The Balaban J connectivity index is 1.65. The van der Waals surface area contributed by atoms with Gasteiger partial charge in [0.2, 0.25) is 5.91 Å². The summed E-state index contributed by atoms with van der Waals surface area (Å²) in [4.78, 5) is 19.2. The molecule has 0 aromatic carbocycles. The fourth-order valence-electron chi connectivity index (χ4n) is 3.20. The van der Waals surface area contributed by atoms with E-state index in [1.807, 2.05) is 36.9 Å². The van der Waals surface area contributed by atoms with Crippen LogP contribution in [0.3, 0.4) is 0 Å². The summed E-state index contributed by atoms with van der Waals surface area (Å²) in [6, 6.07) is 6.03. The Bertz CT molecular complexity index is 661. The van der Waals surface area contributed by atoms with Gasteiger partial charge < -0.3 is 4.52 Å². The van der Waals surface area contributed by atoms with Crippen LogP contribution < -0.4 is 4.90 Å². The van der Waals surface area contributed by atoms with Crippen LogP contribution in [0, 0.1) is 13.8 Å². The molecule has 6 heteroatoms. The van der Waals surface area contributed by atoms with Gasteiger partial charge in [-0.25, -0.2) is 4.98 Å². The molecular weight excluding hydrogens is 322 g/mol. The van der Waals surface area contributed by atoms with Crippen molar-refractivity contribution in [3.63, 3.8) is 0 Å². The predicted molar refractivity (Wildman–Crippen MR) is 96.1 cm³/mol. The number of amides is 1. The number of rotatable bonds is 6. The zero-order chi connectivity index (χ0) is 16.9. The van der Waals surface area contributed by atoms with E-state index in [1.165, 1.54) is 12.8 Å². The number of carbonyl (C=O) groups excluding carboxylic acids is 1. The van der Waals surface area contributed by atoms with Crippen LogP contribution in [0.5, 0.6) is 0 Å². The number of nitrogens with zero attached hydrogens (tertiary/aromatic N) is 3. The smallest absolute Gasteiger partial charge is 0.238 e. The molecule has 2 aromatic rings. The molecule has 128 valence electrons. The van der Waals surface area contributed by atoms with Crippen molar-refractivity contribution in [3.8, 4) is 0 Å². The maximum Gasteiger partial charge on any atom is 0.238 e. The quantitative estimate of drug-likeness (QED) is 0.795. The number of anilines is 1. The molecule has 1 amide bonds. The zero-order valence-electron chi connectivity index (χ0n) is 14.2. The highest BCUT2D eigenvalue weighted by Crippen LogP contribution is 2.28. The van der Waals surface area contributed by atoms with E-state index in [2.05, 4.69) is 10.1 Å². The first-order chi connectivity index (χ1) is 11.7. The Kier molecular flexibility index (Phi) is 5.56. The number of hydrogen-bond acceptors (Lipinski definition) is 5. The van der Waals surface area contributed by atoms with Gasteiger partial charge in [0.25, 0.3) is 0 Å². The first-order valence-electron chi connectivity index (χ1n) is 8.39. The van der Waals surface area contributed by atoms with Crippen molar-refractivity contribution < 1.29 is 9.32 Å². The average molecular weight is 345 g/mol. The molecule has 24 heavy (non-hydrogen) atoms. The van der Waals surface area contributed by atoms with Gasteiger partial charge in [-0.2, -0.15) is 0 Å². The Morgan fingerprint density at radius 3 is 2.75 bits per heavy atom. The number of thioether (sulfide) groups is 1. The summed E-state index contributed by atoms with van der Waals surface area (Å²) < 4.78 is 5.18. The van der Waals surface area contributed by atoms with Crippen LogP contribution in [0.4, 0.5) is 5.82 Å². The van der Waals surface area contributed by atoms with Crippen molar-refractivity contribution >= 4 is 23.5 Å². The van der Waals surface area contributed by atoms with Gasteiger partial charge in [0, 0.05) is 23.6 Å².